The first kappa shape index (κ1) is 16.1. The van der Waals surface area contributed by atoms with E-state index in [1.165, 1.54) is 18.2 Å². The van der Waals surface area contributed by atoms with Crippen LogP contribution < -0.4 is 5.32 Å². The highest BCUT2D eigenvalue weighted by molar-refractivity contribution is 8.07. The monoisotopic (exact) mass is 317 g/mol. The molecule has 1 aliphatic heterocycles. The summed E-state index contributed by atoms with van der Waals surface area (Å²) in [5.41, 5.74) is 0.463. The molecule has 1 aliphatic rings. The predicted octanol–water partition coefficient (Wildman–Crippen LogP) is 4.24. The molecule has 0 saturated carbocycles. The summed E-state index contributed by atoms with van der Waals surface area (Å²) in [6.45, 7) is 5.08. The number of benzene rings is 1. The molecule has 3 unspecified atom stereocenters. The Bertz CT molecular complexity index is 442. The molecular weight excluding hydrogens is 296 g/mol. The zero-order valence-electron chi connectivity index (χ0n) is 11.9. The second-order valence-corrected chi connectivity index (χ2v) is 7.78. The van der Waals surface area contributed by atoms with Gasteiger partial charge in [0.25, 0.3) is 0 Å². The molecule has 1 aromatic carbocycles. The molecule has 1 nitrogen and oxygen atoms in total. The van der Waals surface area contributed by atoms with Crippen LogP contribution >= 0.6 is 23.5 Å². The van der Waals surface area contributed by atoms with Crippen LogP contribution in [-0.4, -0.2) is 28.6 Å². The van der Waals surface area contributed by atoms with Crippen molar-refractivity contribution in [3.63, 3.8) is 0 Å². The fraction of sp³-hybridized carbons (Fsp3) is 0.600. The second-order valence-electron chi connectivity index (χ2n) is 5.01. The van der Waals surface area contributed by atoms with Crippen LogP contribution in [0.1, 0.15) is 31.9 Å². The van der Waals surface area contributed by atoms with E-state index in [0.717, 1.165) is 24.5 Å². The van der Waals surface area contributed by atoms with E-state index in [1.807, 2.05) is 23.5 Å². The van der Waals surface area contributed by atoms with Gasteiger partial charge in [-0.15, -0.1) is 0 Å². The van der Waals surface area contributed by atoms with E-state index in [-0.39, 0.29) is 22.9 Å². The number of halogens is 2. The van der Waals surface area contributed by atoms with E-state index >= 15 is 0 Å². The maximum absolute atomic E-state index is 14.1. The minimum Gasteiger partial charge on any atom is -0.309 e. The third-order valence-corrected chi connectivity index (χ3v) is 6.67. The number of hydrogen-bond acceptors (Lipinski definition) is 3. The first-order valence-electron chi connectivity index (χ1n) is 7.05. The Labute approximate surface area is 128 Å². The Morgan fingerprint density at radius 1 is 1.30 bits per heavy atom. The van der Waals surface area contributed by atoms with Crippen LogP contribution in [0, 0.1) is 11.6 Å². The quantitative estimate of drug-likeness (QED) is 0.872. The molecule has 1 saturated heterocycles. The molecular formula is C15H21F2NS2. The van der Waals surface area contributed by atoms with Gasteiger partial charge < -0.3 is 5.32 Å². The topological polar surface area (TPSA) is 12.0 Å². The predicted molar refractivity (Wildman–Crippen MR) is 85.6 cm³/mol. The summed E-state index contributed by atoms with van der Waals surface area (Å²) in [7, 11) is 0. The van der Waals surface area contributed by atoms with Gasteiger partial charge >= 0.3 is 0 Å². The third kappa shape index (κ3) is 3.89. The summed E-state index contributed by atoms with van der Waals surface area (Å²) in [4.78, 5) is 0. The minimum absolute atomic E-state index is 0.126. The lowest BCUT2D eigenvalue weighted by atomic mass is 10.0. The number of rotatable bonds is 5. The van der Waals surface area contributed by atoms with Gasteiger partial charge in [0.1, 0.15) is 11.6 Å². The molecule has 2 rings (SSSR count). The van der Waals surface area contributed by atoms with Crippen molar-refractivity contribution in [1.29, 1.82) is 0 Å². The molecule has 20 heavy (non-hydrogen) atoms. The van der Waals surface area contributed by atoms with Crippen LogP contribution in [0.15, 0.2) is 18.2 Å². The largest absolute Gasteiger partial charge is 0.309 e. The molecule has 1 N–H and O–H groups in total. The highest BCUT2D eigenvalue weighted by Crippen LogP contribution is 2.39. The molecule has 0 aromatic heterocycles. The Hall–Kier alpha value is -0.260. The molecule has 3 atom stereocenters. The zero-order valence-corrected chi connectivity index (χ0v) is 13.5. The van der Waals surface area contributed by atoms with E-state index in [1.54, 1.807) is 0 Å². The second kappa shape index (κ2) is 7.66. The first-order chi connectivity index (χ1) is 9.63. The van der Waals surface area contributed by atoms with Gasteiger partial charge in [0.05, 0.1) is 0 Å². The van der Waals surface area contributed by atoms with Crippen molar-refractivity contribution >= 4 is 23.5 Å². The van der Waals surface area contributed by atoms with Crippen LogP contribution in [0.4, 0.5) is 8.78 Å². The van der Waals surface area contributed by atoms with Gasteiger partial charge in [0, 0.05) is 33.6 Å². The molecule has 1 heterocycles. The maximum Gasteiger partial charge on any atom is 0.128 e. The summed E-state index contributed by atoms with van der Waals surface area (Å²) in [6, 6.07) is 3.63. The van der Waals surface area contributed by atoms with Gasteiger partial charge in [-0.3, -0.25) is 0 Å². The summed E-state index contributed by atoms with van der Waals surface area (Å²) in [5, 5.41) is 4.12. The molecule has 5 heteroatoms. The van der Waals surface area contributed by atoms with E-state index in [0.29, 0.717) is 10.8 Å². The summed E-state index contributed by atoms with van der Waals surface area (Å²) in [6.07, 6.45) is 0.979. The van der Waals surface area contributed by atoms with Gasteiger partial charge in [0.15, 0.2) is 0 Å². The van der Waals surface area contributed by atoms with Crippen LogP contribution in [0.3, 0.4) is 0 Å². The summed E-state index contributed by atoms with van der Waals surface area (Å²) < 4.78 is 27.6. The lowest BCUT2D eigenvalue weighted by molar-refractivity contribution is 0.476. The Kier molecular flexibility index (Phi) is 6.18. The van der Waals surface area contributed by atoms with E-state index in [4.69, 9.17) is 0 Å². The van der Waals surface area contributed by atoms with Gasteiger partial charge in [-0.1, -0.05) is 13.8 Å². The standard InChI is InChI=1S/C15H21F2NS2/c1-3-6-18-14(15-10(2)19-7-8-20-15)12-9-11(16)4-5-13(12)17/h4-5,9-10,14-15,18H,3,6-8H2,1-2H3. The molecule has 112 valence electrons. The zero-order chi connectivity index (χ0) is 14.5. The lowest BCUT2D eigenvalue weighted by Crippen LogP contribution is -2.38. The van der Waals surface area contributed by atoms with E-state index in [9.17, 15) is 8.78 Å². The average Bonchev–Trinajstić information content (AvgIpc) is 2.44. The lowest BCUT2D eigenvalue weighted by Gasteiger charge is -2.35. The molecule has 1 fully saturated rings. The maximum atomic E-state index is 14.1. The number of thioether (sulfide) groups is 2. The van der Waals surface area contributed by atoms with E-state index < -0.39 is 0 Å². The molecule has 0 amide bonds. The smallest absolute Gasteiger partial charge is 0.128 e. The van der Waals surface area contributed by atoms with Gasteiger partial charge in [-0.2, -0.15) is 23.5 Å². The average molecular weight is 317 g/mol. The minimum atomic E-state index is -0.370. The highest BCUT2D eigenvalue weighted by atomic mass is 32.2. The fourth-order valence-electron chi connectivity index (χ4n) is 2.47. The number of hydrogen-bond donors (Lipinski definition) is 1. The van der Waals surface area contributed by atoms with Crippen molar-refractivity contribution in [3.05, 3.63) is 35.4 Å². The van der Waals surface area contributed by atoms with Crippen molar-refractivity contribution in [2.45, 2.75) is 36.8 Å². The van der Waals surface area contributed by atoms with Crippen LogP contribution in [0.2, 0.25) is 0 Å². The molecule has 0 aliphatic carbocycles. The third-order valence-electron chi connectivity index (χ3n) is 3.47. The highest BCUT2D eigenvalue weighted by Gasteiger charge is 2.32. The van der Waals surface area contributed by atoms with Crippen LogP contribution in [0.5, 0.6) is 0 Å². The first-order valence-corrected chi connectivity index (χ1v) is 9.14. The fourth-order valence-corrected chi connectivity index (χ4v) is 5.41. The van der Waals surface area contributed by atoms with Gasteiger partial charge in [0.2, 0.25) is 0 Å². The molecule has 0 bridgehead atoms. The Balaban J connectivity index is 2.28. The Morgan fingerprint density at radius 2 is 2.05 bits per heavy atom. The van der Waals surface area contributed by atoms with Crippen molar-refractivity contribution in [2.75, 3.05) is 18.1 Å². The Morgan fingerprint density at radius 3 is 2.75 bits per heavy atom. The van der Waals surface area contributed by atoms with Crippen molar-refractivity contribution < 1.29 is 8.78 Å². The summed E-state index contributed by atoms with van der Waals surface area (Å²) in [5.74, 6) is 1.52. The molecule has 0 spiro atoms. The summed E-state index contributed by atoms with van der Waals surface area (Å²) >= 11 is 3.78. The molecule has 1 aromatic rings. The van der Waals surface area contributed by atoms with Crippen LogP contribution in [-0.2, 0) is 0 Å². The van der Waals surface area contributed by atoms with Crippen LogP contribution in [0.25, 0.3) is 0 Å². The van der Waals surface area contributed by atoms with Crippen molar-refractivity contribution in [3.8, 4) is 0 Å². The molecule has 0 radical (unpaired) electrons. The van der Waals surface area contributed by atoms with Gasteiger partial charge in [-0.25, -0.2) is 8.78 Å². The SMILES string of the molecule is CCCNC(c1cc(F)ccc1F)C1SCCSC1C. The van der Waals surface area contributed by atoms with E-state index in [2.05, 4.69) is 19.2 Å². The van der Waals surface area contributed by atoms with Gasteiger partial charge in [-0.05, 0) is 31.2 Å². The van der Waals surface area contributed by atoms with Crippen molar-refractivity contribution in [1.82, 2.24) is 5.32 Å². The van der Waals surface area contributed by atoms with Crippen molar-refractivity contribution in [2.24, 2.45) is 0 Å². The number of nitrogens with one attached hydrogen (secondary N) is 1. The normalized spacial score (nSPS) is 24.6.